The molecule has 2 aliphatic heterocycles. The number of benzene rings is 6. The van der Waals surface area contributed by atoms with E-state index in [-0.39, 0.29) is 6.71 Å². The Balaban J connectivity index is 1.16. The summed E-state index contributed by atoms with van der Waals surface area (Å²) in [6, 6.07) is 48.3. The van der Waals surface area contributed by atoms with Gasteiger partial charge in [-0.2, -0.15) is 0 Å². The standard InChI is InChI=1S/C56H59BN2/c1-38-33-39(2)55-52(34-38)59(49-30-25-45(26-31-49)41-17-9-4-10-18-41)54-37-47(43-21-13-6-14-22-43)36-53-56(54)57(55)50-35-46(42-19-11-5-12-20-42)27-32-51(50)58(53)48-28-23-44(24-29-48)40-15-7-3-8-16-40/h6,13-14,21-37,40-42H,3-5,7-12,15-20H2,1-2H3. The SMILES string of the molecule is Cc1cc(C)c2c(c1)N(c1ccc(C3CCCCC3)cc1)c1cc(-c3ccccc3)cc3c1B2c1cc(C2CCCCC2)ccc1N3c1ccc(C2CCCCC2)cc1. The lowest BCUT2D eigenvalue weighted by Gasteiger charge is -2.45. The third kappa shape index (κ3) is 6.64. The zero-order chi connectivity index (χ0) is 39.5. The van der Waals surface area contributed by atoms with Gasteiger partial charge in [-0.3, -0.25) is 0 Å². The van der Waals surface area contributed by atoms with Crippen LogP contribution in [0.15, 0.2) is 121 Å². The van der Waals surface area contributed by atoms with Crippen molar-refractivity contribution in [2.24, 2.45) is 0 Å². The van der Waals surface area contributed by atoms with Gasteiger partial charge < -0.3 is 9.80 Å². The summed E-state index contributed by atoms with van der Waals surface area (Å²) in [7, 11) is 0. The number of hydrogen-bond acceptors (Lipinski definition) is 2. The molecule has 0 bridgehead atoms. The van der Waals surface area contributed by atoms with E-state index >= 15 is 0 Å². The molecule has 0 aromatic heterocycles. The molecule has 0 saturated heterocycles. The third-order valence-electron chi connectivity index (χ3n) is 15.2. The Morgan fingerprint density at radius 1 is 0.407 bits per heavy atom. The molecule has 0 atom stereocenters. The lowest BCUT2D eigenvalue weighted by molar-refractivity contribution is 0.443. The van der Waals surface area contributed by atoms with Gasteiger partial charge in [0.15, 0.2) is 0 Å². The Morgan fingerprint density at radius 3 is 1.42 bits per heavy atom. The molecular formula is C56H59BN2. The van der Waals surface area contributed by atoms with Crippen LogP contribution in [0.5, 0.6) is 0 Å². The van der Waals surface area contributed by atoms with Gasteiger partial charge in [0.2, 0.25) is 0 Å². The van der Waals surface area contributed by atoms with Crippen LogP contribution in [-0.2, 0) is 0 Å². The minimum Gasteiger partial charge on any atom is -0.311 e. The Labute approximate surface area is 353 Å². The number of fused-ring (bicyclic) bond motifs is 4. The summed E-state index contributed by atoms with van der Waals surface area (Å²) in [6.07, 6.45) is 20.1. The molecular weight excluding hydrogens is 711 g/mol. The summed E-state index contributed by atoms with van der Waals surface area (Å²) in [4.78, 5) is 5.29. The van der Waals surface area contributed by atoms with Crippen molar-refractivity contribution in [3.8, 4) is 11.1 Å². The highest BCUT2D eigenvalue weighted by Gasteiger charge is 2.45. The van der Waals surface area contributed by atoms with Gasteiger partial charge in [0, 0.05) is 34.1 Å². The second kappa shape index (κ2) is 15.5. The molecule has 3 saturated carbocycles. The first kappa shape index (κ1) is 37.0. The quantitative estimate of drug-likeness (QED) is 0.155. The summed E-state index contributed by atoms with van der Waals surface area (Å²) >= 11 is 0. The Morgan fingerprint density at radius 2 is 0.881 bits per heavy atom. The second-order valence-electron chi connectivity index (χ2n) is 18.9. The Bertz CT molecular complexity index is 2470. The molecule has 0 N–H and O–H groups in total. The monoisotopic (exact) mass is 770 g/mol. The van der Waals surface area contributed by atoms with Gasteiger partial charge in [0.25, 0.3) is 6.71 Å². The van der Waals surface area contributed by atoms with E-state index in [4.69, 9.17) is 0 Å². The molecule has 3 aliphatic carbocycles. The Kier molecular flexibility index (Phi) is 9.75. The van der Waals surface area contributed by atoms with Crippen molar-refractivity contribution in [2.75, 3.05) is 9.80 Å². The van der Waals surface area contributed by atoms with Crippen LogP contribution in [0.4, 0.5) is 34.1 Å². The van der Waals surface area contributed by atoms with E-state index in [1.54, 1.807) is 0 Å². The normalized spacial score (nSPS) is 18.4. The average molecular weight is 771 g/mol. The number of nitrogens with zero attached hydrogens (tertiary/aromatic N) is 2. The number of anilines is 6. The maximum Gasteiger partial charge on any atom is 0.252 e. The molecule has 0 amide bonds. The molecule has 296 valence electrons. The van der Waals surface area contributed by atoms with Crippen molar-refractivity contribution in [2.45, 2.75) is 128 Å². The molecule has 59 heavy (non-hydrogen) atoms. The van der Waals surface area contributed by atoms with Gasteiger partial charge in [-0.1, -0.05) is 136 Å². The topological polar surface area (TPSA) is 6.48 Å². The van der Waals surface area contributed by atoms with Crippen molar-refractivity contribution >= 4 is 57.2 Å². The molecule has 2 nitrogen and oxygen atoms in total. The van der Waals surface area contributed by atoms with Crippen LogP contribution in [0.25, 0.3) is 11.1 Å². The van der Waals surface area contributed by atoms with E-state index in [0.29, 0.717) is 17.8 Å². The molecule has 6 aromatic rings. The van der Waals surface area contributed by atoms with Crippen molar-refractivity contribution in [3.63, 3.8) is 0 Å². The zero-order valence-corrected chi connectivity index (χ0v) is 35.4. The second-order valence-corrected chi connectivity index (χ2v) is 18.9. The van der Waals surface area contributed by atoms with Gasteiger partial charge in [-0.25, -0.2) is 0 Å². The summed E-state index contributed by atoms with van der Waals surface area (Å²) in [5.41, 5.74) is 22.0. The van der Waals surface area contributed by atoms with Gasteiger partial charge >= 0.3 is 0 Å². The smallest absolute Gasteiger partial charge is 0.252 e. The molecule has 6 aromatic carbocycles. The first-order valence-corrected chi connectivity index (χ1v) is 23.4. The lowest BCUT2D eigenvalue weighted by atomic mass is 9.32. The van der Waals surface area contributed by atoms with Crippen LogP contribution in [0.2, 0.25) is 0 Å². The first-order chi connectivity index (χ1) is 29.1. The van der Waals surface area contributed by atoms with Gasteiger partial charge in [-0.05, 0) is 168 Å². The number of hydrogen-bond donors (Lipinski definition) is 0. The summed E-state index contributed by atoms with van der Waals surface area (Å²) < 4.78 is 0. The summed E-state index contributed by atoms with van der Waals surface area (Å²) in [5, 5.41) is 0. The lowest BCUT2D eigenvalue weighted by Crippen LogP contribution is -2.62. The predicted octanol–water partition coefficient (Wildman–Crippen LogP) is 14.2. The molecule has 11 rings (SSSR count). The highest BCUT2D eigenvalue weighted by molar-refractivity contribution is 7.00. The molecule has 2 heterocycles. The maximum absolute atomic E-state index is 2.66. The zero-order valence-electron chi connectivity index (χ0n) is 35.4. The van der Waals surface area contributed by atoms with Gasteiger partial charge in [-0.15, -0.1) is 0 Å². The van der Waals surface area contributed by atoms with Crippen LogP contribution >= 0.6 is 0 Å². The molecule has 0 spiro atoms. The molecule has 0 radical (unpaired) electrons. The van der Waals surface area contributed by atoms with E-state index in [9.17, 15) is 0 Å². The highest BCUT2D eigenvalue weighted by Crippen LogP contribution is 2.48. The van der Waals surface area contributed by atoms with Crippen LogP contribution in [0.3, 0.4) is 0 Å². The molecule has 3 fully saturated rings. The van der Waals surface area contributed by atoms with E-state index in [2.05, 4.69) is 145 Å². The van der Waals surface area contributed by atoms with Crippen LogP contribution < -0.4 is 26.2 Å². The fourth-order valence-corrected chi connectivity index (χ4v) is 12.2. The Hall–Kier alpha value is -5.02. The van der Waals surface area contributed by atoms with E-state index < -0.39 is 0 Å². The maximum atomic E-state index is 2.66. The minimum atomic E-state index is 0.134. The van der Waals surface area contributed by atoms with Gasteiger partial charge in [0.05, 0.1) is 0 Å². The van der Waals surface area contributed by atoms with Crippen molar-refractivity contribution < 1.29 is 0 Å². The molecule has 5 aliphatic rings. The van der Waals surface area contributed by atoms with Crippen LogP contribution in [0.1, 0.15) is 142 Å². The third-order valence-corrected chi connectivity index (χ3v) is 15.2. The highest BCUT2D eigenvalue weighted by atomic mass is 15.2. The van der Waals surface area contributed by atoms with Gasteiger partial charge in [0.1, 0.15) is 0 Å². The number of rotatable bonds is 6. The van der Waals surface area contributed by atoms with Crippen molar-refractivity contribution in [1.82, 2.24) is 0 Å². The first-order valence-electron chi connectivity index (χ1n) is 23.4. The predicted molar refractivity (Wildman–Crippen MR) is 253 cm³/mol. The van der Waals surface area contributed by atoms with Crippen molar-refractivity contribution in [1.29, 1.82) is 0 Å². The molecule has 0 unspecified atom stereocenters. The van der Waals surface area contributed by atoms with E-state index in [1.165, 1.54) is 186 Å². The fraction of sp³-hybridized carbons (Fsp3) is 0.357. The summed E-state index contributed by atoms with van der Waals surface area (Å²) in [5.74, 6) is 2.01. The van der Waals surface area contributed by atoms with Crippen molar-refractivity contribution in [3.05, 3.63) is 149 Å². The van der Waals surface area contributed by atoms with Crippen LogP contribution in [0, 0.1) is 13.8 Å². The largest absolute Gasteiger partial charge is 0.311 e. The number of aryl methyl sites for hydroxylation is 2. The minimum absolute atomic E-state index is 0.134. The van der Waals surface area contributed by atoms with Crippen LogP contribution in [-0.4, -0.2) is 6.71 Å². The fourth-order valence-electron chi connectivity index (χ4n) is 12.2. The van der Waals surface area contributed by atoms with E-state index in [1.807, 2.05) is 0 Å². The van der Waals surface area contributed by atoms with E-state index in [0.717, 1.165) is 0 Å². The average Bonchev–Trinajstić information content (AvgIpc) is 3.30. The molecule has 3 heteroatoms. The summed E-state index contributed by atoms with van der Waals surface area (Å²) in [6.45, 7) is 4.79.